The first kappa shape index (κ1) is 18.4. The molecule has 0 aromatic carbocycles. The first-order valence-electron chi connectivity index (χ1n) is 8.95. The zero-order valence-corrected chi connectivity index (χ0v) is 15.1. The van der Waals surface area contributed by atoms with Gasteiger partial charge in [-0.2, -0.15) is 0 Å². The van der Waals surface area contributed by atoms with Gasteiger partial charge in [0.1, 0.15) is 5.82 Å². The smallest absolute Gasteiger partial charge is 0.304 e. The maximum atomic E-state index is 10.8. The molecule has 2 aromatic heterocycles. The van der Waals surface area contributed by atoms with Crippen molar-refractivity contribution in [3.05, 3.63) is 47.3 Å². The van der Waals surface area contributed by atoms with E-state index in [2.05, 4.69) is 44.5 Å². The van der Waals surface area contributed by atoms with Crippen molar-refractivity contribution in [2.24, 2.45) is 7.05 Å². The van der Waals surface area contributed by atoms with Gasteiger partial charge in [0.15, 0.2) is 0 Å². The first-order valence-corrected chi connectivity index (χ1v) is 8.95. The molecule has 26 heavy (non-hydrogen) atoms. The van der Waals surface area contributed by atoms with E-state index in [1.54, 1.807) is 0 Å². The van der Waals surface area contributed by atoms with Gasteiger partial charge in [0.05, 0.1) is 6.42 Å². The second-order valence-corrected chi connectivity index (χ2v) is 6.95. The number of likely N-dealkylation sites (tertiary alicyclic amines) is 1. The monoisotopic (exact) mass is 358 g/mol. The molecule has 0 radical (unpaired) electrons. The van der Waals surface area contributed by atoms with Gasteiger partial charge in [-0.1, -0.05) is 5.57 Å². The molecule has 1 saturated heterocycles. The van der Waals surface area contributed by atoms with Crippen LogP contribution < -0.4 is 0 Å². The third-order valence-electron chi connectivity index (χ3n) is 5.45. The molecule has 7 nitrogen and oxygen atoms in total. The van der Waals surface area contributed by atoms with Gasteiger partial charge in [-0.25, -0.2) is 4.98 Å². The molecule has 2 aromatic rings. The molecule has 0 aliphatic carbocycles. The van der Waals surface area contributed by atoms with E-state index in [0.29, 0.717) is 6.54 Å². The number of fused-ring (bicyclic) bond motifs is 2. The minimum atomic E-state index is -0.719. The molecule has 0 bridgehead atoms. The van der Waals surface area contributed by atoms with Crippen LogP contribution in [0.2, 0.25) is 0 Å². The molecule has 3 N–H and O–H groups in total. The molecular weight excluding hydrogens is 332 g/mol. The number of piperidine rings is 1. The zero-order chi connectivity index (χ0) is 17.4. The van der Waals surface area contributed by atoms with Gasteiger partial charge in [0.25, 0.3) is 0 Å². The average molecular weight is 358 g/mol. The van der Waals surface area contributed by atoms with Gasteiger partial charge >= 0.3 is 5.97 Å². The molecule has 0 atom stereocenters. The maximum absolute atomic E-state index is 10.8. The number of carbonyl (C=O) groups is 1. The van der Waals surface area contributed by atoms with Crippen LogP contribution >= 0.6 is 0 Å². The van der Waals surface area contributed by atoms with Crippen molar-refractivity contribution in [1.29, 1.82) is 0 Å². The summed E-state index contributed by atoms with van der Waals surface area (Å²) in [6.45, 7) is 3.45. The summed E-state index contributed by atoms with van der Waals surface area (Å²) in [4.78, 5) is 17.7. The van der Waals surface area contributed by atoms with E-state index in [1.165, 1.54) is 22.4 Å². The highest BCUT2D eigenvalue weighted by Crippen LogP contribution is 2.35. The van der Waals surface area contributed by atoms with Gasteiger partial charge in [0, 0.05) is 75.1 Å². The Kier molecular flexibility index (Phi) is 5.29. The Morgan fingerprint density at radius 1 is 1.19 bits per heavy atom. The molecular formula is C19H26N4O3. The molecule has 4 rings (SSSR count). The molecule has 0 saturated carbocycles. The van der Waals surface area contributed by atoms with Gasteiger partial charge < -0.3 is 24.6 Å². The van der Waals surface area contributed by atoms with Crippen LogP contribution in [0.5, 0.6) is 0 Å². The number of nitrogens with zero attached hydrogens (tertiary/aromatic N) is 4. The third-order valence-corrected chi connectivity index (χ3v) is 5.45. The topological polar surface area (TPSA) is 94.8 Å². The Hall–Kier alpha value is -2.38. The number of carboxylic acids is 1. The van der Waals surface area contributed by atoms with Crippen LogP contribution in [0.25, 0.3) is 5.57 Å². The number of rotatable bonds is 3. The number of aliphatic carboxylic acids is 1. The molecule has 4 heterocycles. The van der Waals surface area contributed by atoms with Gasteiger partial charge in [-0.3, -0.25) is 4.79 Å². The largest absolute Gasteiger partial charge is 0.481 e. The van der Waals surface area contributed by atoms with E-state index in [1.807, 2.05) is 6.20 Å². The molecule has 0 spiro atoms. The van der Waals surface area contributed by atoms with Crippen LogP contribution in [-0.4, -0.2) is 55.2 Å². The molecule has 0 amide bonds. The highest BCUT2D eigenvalue weighted by atomic mass is 16.4. The Morgan fingerprint density at radius 3 is 2.69 bits per heavy atom. The van der Waals surface area contributed by atoms with E-state index >= 15 is 0 Å². The van der Waals surface area contributed by atoms with Crippen molar-refractivity contribution in [3.8, 4) is 0 Å². The fraction of sp³-hybridized carbons (Fsp3) is 0.474. The molecule has 140 valence electrons. The summed E-state index contributed by atoms with van der Waals surface area (Å²) in [6, 6.07) is 2.22. The van der Waals surface area contributed by atoms with Crippen LogP contribution in [0.1, 0.15) is 36.3 Å². The van der Waals surface area contributed by atoms with Crippen molar-refractivity contribution >= 4 is 11.5 Å². The SMILES string of the molecule is Cn1ccc2c1CCn1ccnc1C2=C1CCN(CCC(=O)O)CC1.O. The summed E-state index contributed by atoms with van der Waals surface area (Å²) in [5, 5.41) is 8.88. The van der Waals surface area contributed by atoms with Crippen molar-refractivity contribution in [2.45, 2.75) is 32.2 Å². The highest BCUT2D eigenvalue weighted by molar-refractivity contribution is 5.81. The van der Waals surface area contributed by atoms with Crippen molar-refractivity contribution in [1.82, 2.24) is 19.0 Å². The van der Waals surface area contributed by atoms with Gasteiger partial charge in [0.2, 0.25) is 0 Å². The Labute approximate surface area is 152 Å². The maximum Gasteiger partial charge on any atom is 0.304 e. The molecule has 1 fully saturated rings. The average Bonchev–Trinajstić information content (AvgIpc) is 3.17. The second kappa shape index (κ2) is 7.47. The quantitative estimate of drug-likeness (QED) is 0.895. The summed E-state index contributed by atoms with van der Waals surface area (Å²) in [6.07, 6.45) is 9.32. The van der Waals surface area contributed by atoms with Crippen molar-refractivity contribution in [2.75, 3.05) is 19.6 Å². The molecule has 7 heteroatoms. The summed E-state index contributed by atoms with van der Waals surface area (Å²) >= 11 is 0. The second-order valence-electron chi connectivity index (χ2n) is 6.95. The number of aromatic nitrogens is 3. The van der Waals surface area contributed by atoms with Crippen LogP contribution in [0.3, 0.4) is 0 Å². The minimum absolute atomic E-state index is 0. The number of aryl methyl sites for hydroxylation is 2. The zero-order valence-electron chi connectivity index (χ0n) is 15.1. The lowest BCUT2D eigenvalue weighted by molar-refractivity contribution is -0.137. The Bertz CT molecular complexity index is 824. The standard InChI is InChI=1S/C19H24N4O2.H2O/c1-21-8-4-15-16(21)5-12-23-13-7-20-19(23)18(15)14-2-9-22(10-3-14)11-6-17(24)25;/h4,7-8,13H,2-3,5-6,9-12H2,1H3,(H,24,25);1H2. The fourth-order valence-electron chi connectivity index (χ4n) is 4.06. The van der Waals surface area contributed by atoms with E-state index < -0.39 is 5.97 Å². The van der Waals surface area contributed by atoms with Gasteiger partial charge in [-0.05, 0) is 18.9 Å². The fourth-order valence-corrected chi connectivity index (χ4v) is 4.06. The van der Waals surface area contributed by atoms with Crippen molar-refractivity contribution < 1.29 is 15.4 Å². The van der Waals surface area contributed by atoms with Crippen LogP contribution in [0.15, 0.2) is 30.2 Å². The lowest BCUT2D eigenvalue weighted by atomic mass is 9.92. The molecule has 0 unspecified atom stereocenters. The van der Waals surface area contributed by atoms with Gasteiger partial charge in [-0.15, -0.1) is 0 Å². The molecule has 2 aliphatic rings. The summed E-state index contributed by atoms with van der Waals surface area (Å²) in [7, 11) is 2.11. The third kappa shape index (κ3) is 3.32. The van der Waals surface area contributed by atoms with Crippen molar-refractivity contribution in [3.63, 3.8) is 0 Å². The lowest BCUT2D eigenvalue weighted by Gasteiger charge is -2.29. The van der Waals surface area contributed by atoms with Crippen LogP contribution in [0, 0.1) is 0 Å². The number of hydrogen-bond donors (Lipinski definition) is 1. The van der Waals surface area contributed by atoms with E-state index in [9.17, 15) is 4.79 Å². The molecule has 2 aliphatic heterocycles. The Balaban J connectivity index is 0.00000196. The number of hydrogen-bond acceptors (Lipinski definition) is 3. The lowest BCUT2D eigenvalue weighted by Crippen LogP contribution is -2.33. The van der Waals surface area contributed by atoms with E-state index in [4.69, 9.17) is 5.11 Å². The van der Waals surface area contributed by atoms with Crippen LogP contribution in [-0.2, 0) is 24.8 Å². The Morgan fingerprint density at radius 2 is 1.96 bits per heavy atom. The first-order chi connectivity index (χ1) is 12.1. The number of carboxylic acid groups (broad SMARTS) is 1. The normalized spacial score (nSPS) is 17.3. The minimum Gasteiger partial charge on any atom is -0.481 e. The number of imidazole rings is 1. The highest BCUT2D eigenvalue weighted by Gasteiger charge is 2.26. The summed E-state index contributed by atoms with van der Waals surface area (Å²) in [5.74, 6) is 0.364. The van der Waals surface area contributed by atoms with Crippen LogP contribution in [0.4, 0.5) is 0 Å². The predicted molar refractivity (Wildman–Crippen MR) is 98.9 cm³/mol. The summed E-state index contributed by atoms with van der Waals surface area (Å²) < 4.78 is 4.49. The predicted octanol–water partition coefficient (Wildman–Crippen LogP) is 1.33. The summed E-state index contributed by atoms with van der Waals surface area (Å²) in [5.41, 5.74) is 5.45. The van der Waals surface area contributed by atoms with E-state index in [0.717, 1.165) is 44.7 Å². The van der Waals surface area contributed by atoms with E-state index in [-0.39, 0.29) is 11.9 Å².